The molecule has 17 heavy (non-hydrogen) atoms. The number of likely N-dealkylation sites (N-methyl/N-ethyl adjacent to an activating group) is 1. The van der Waals surface area contributed by atoms with Gasteiger partial charge in [0.2, 0.25) is 0 Å². The Kier molecular flexibility index (Phi) is 5.69. The number of carbonyl (C=O) groups is 1. The molecule has 3 heteroatoms. The molecule has 0 aromatic heterocycles. The molecule has 0 saturated heterocycles. The first-order valence-corrected chi connectivity index (χ1v) is 6.50. The van der Waals surface area contributed by atoms with E-state index in [2.05, 4.69) is 23.6 Å². The molecule has 1 fully saturated rings. The Morgan fingerprint density at radius 3 is 2.76 bits per heavy atom. The van der Waals surface area contributed by atoms with Gasteiger partial charge in [-0.3, -0.25) is 4.90 Å². The number of rotatable bonds is 4. The van der Waals surface area contributed by atoms with E-state index in [0.29, 0.717) is 11.6 Å². The Balaban J connectivity index is 2.43. The highest BCUT2D eigenvalue weighted by Gasteiger charge is 2.21. The first-order valence-electron chi connectivity index (χ1n) is 6.50. The maximum absolute atomic E-state index is 11.2. The molecule has 0 bridgehead atoms. The third-order valence-corrected chi connectivity index (χ3v) is 3.72. The van der Waals surface area contributed by atoms with Crippen LogP contribution in [0.25, 0.3) is 0 Å². The predicted octanol–water partition coefficient (Wildman–Crippen LogP) is 2.62. The van der Waals surface area contributed by atoms with Crippen molar-refractivity contribution < 1.29 is 9.53 Å². The molecule has 0 heterocycles. The average molecular weight is 239 g/mol. The van der Waals surface area contributed by atoms with E-state index >= 15 is 0 Å². The molecule has 0 spiro atoms. The highest BCUT2D eigenvalue weighted by molar-refractivity contribution is 5.87. The molecule has 1 rings (SSSR count). The molecule has 0 aromatic rings. The zero-order valence-corrected chi connectivity index (χ0v) is 11.5. The second kappa shape index (κ2) is 6.80. The second-order valence-corrected chi connectivity index (χ2v) is 5.24. The van der Waals surface area contributed by atoms with E-state index in [1.807, 2.05) is 13.0 Å². The van der Waals surface area contributed by atoms with E-state index in [4.69, 9.17) is 0 Å². The van der Waals surface area contributed by atoms with Crippen LogP contribution < -0.4 is 0 Å². The molecule has 1 aliphatic carbocycles. The normalized spacial score (nSPS) is 26.1. The van der Waals surface area contributed by atoms with Crippen molar-refractivity contribution in [1.29, 1.82) is 0 Å². The van der Waals surface area contributed by atoms with Crippen molar-refractivity contribution in [2.24, 2.45) is 5.92 Å². The minimum atomic E-state index is -0.226. The molecule has 1 aliphatic rings. The highest BCUT2D eigenvalue weighted by Crippen LogP contribution is 2.26. The van der Waals surface area contributed by atoms with Crippen LogP contribution in [0.15, 0.2) is 11.6 Å². The van der Waals surface area contributed by atoms with E-state index in [0.717, 1.165) is 12.5 Å². The van der Waals surface area contributed by atoms with Crippen LogP contribution in [0, 0.1) is 5.92 Å². The van der Waals surface area contributed by atoms with Crippen LogP contribution in [0.3, 0.4) is 0 Å². The van der Waals surface area contributed by atoms with Gasteiger partial charge in [-0.1, -0.05) is 25.8 Å². The van der Waals surface area contributed by atoms with Gasteiger partial charge in [0.15, 0.2) is 0 Å². The van der Waals surface area contributed by atoms with Crippen molar-refractivity contribution in [2.45, 2.75) is 45.6 Å². The minimum absolute atomic E-state index is 0.226. The van der Waals surface area contributed by atoms with Crippen molar-refractivity contribution in [3.8, 4) is 0 Å². The summed E-state index contributed by atoms with van der Waals surface area (Å²) in [5.74, 6) is 0.609. The number of nitrogens with zero attached hydrogens (tertiary/aromatic N) is 1. The van der Waals surface area contributed by atoms with Crippen LogP contribution in [0.4, 0.5) is 0 Å². The van der Waals surface area contributed by atoms with Gasteiger partial charge in [-0.05, 0) is 32.7 Å². The number of ether oxygens (including phenoxy) is 1. The number of carbonyl (C=O) groups excluding carboxylic acids is 1. The van der Waals surface area contributed by atoms with Crippen molar-refractivity contribution in [3.05, 3.63) is 11.6 Å². The first-order chi connectivity index (χ1) is 8.04. The summed E-state index contributed by atoms with van der Waals surface area (Å²) >= 11 is 0. The van der Waals surface area contributed by atoms with Crippen molar-refractivity contribution in [3.63, 3.8) is 0 Å². The van der Waals surface area contributed by atoms with E-state index in [1.54, 1.807) is 0 Å². The topological polar surface area (TPSA) is 29.5 Å². The summed E-state index contributed by atoms with van der Waals surface area (Å²) in [6, 6.07) is 0.667. The first kappa shape index (κ1) is 14.2. The van der Waals surface area contributed by atoms with Gasteiger partial charge in [0.05, 0.1) is 7.11 Å². The third-order valence-electron chi connectivity index (χ3n) is 3.72. The van der Waals surface area contributed by atoms with Gasteiger partial charge >= 0.3 is 5.97 Å². The lowest BCUT2D eigenvalue weighted by molar-refractivity contribution is -0.136. The van der Waals surface area contributed by atoms with Gasteiger partial charge in [0.1, 0.15) is 0 Å². The summed E-state index contributed by atoms with van der Waals surface area (Å²) in [4.78, 5) is 13.6. The van der Waals surface area contributed by atoms with Gasteiger partial charge in [0, 0.05) is 18.2 Å². The van der Waals surface area contributed by atoms with Gasteiger partial charge in [-0.2, -0.15) is 0 Å². The smallest absolute Gasteiger partial charge is 0.333 e. The number of methoxy groups -OCH3 is 1. The predicted molar refractivity (Wildman–Crippen MR) is 69.8 cm³/mol. The fraction of sp³-hybridized carbons (Fsp3) is 0.786. The molecule has 3 nitrogen and oxygen atoms in total. The van der Waals surface area contributed by atoms with Gasteiger partial charge in [-0.25, -0.2) is 4.79 Å². The van der Waals surface area contributed by atoms with Gasteiger partial charge in [0.25, 0.3) is 0 Å². The molecule has 1 saturated carbocycles. The van der Waals surface area contributed by atoms with Crippen LogP contribution >= 0.6 is 0 Å². The summed E-state index contributed by atoms with van der Waals surface area (Å²) in [5.41, 5.74) is 0.697. The zero-order valence-electron chi connectivity index (χ0n) is 11.5. The van der Waals surface area contributed by atoms with Crippen molar-refractivity contribution in [2.75, 3.05) is 20.7 Å². The Morgan fingerprint density at radius 2 is 2.18 bits per heavy atom. The maximum atomic E-state index is 11.2. The lowest BCUT2D eigenvalue weighted by Gasteiger charge is -2.33. The van der Waals surface area contributed by atoms with E-state index < -0.39 is 0 Å². The Bertz CT molecular complexity index is 286. The van der Waals surface area contributed by atoms with Crippen LogP contribution in [-0.4, -0.2) is 37.6 Å². The summed E-state index contributed by atoms with van der Waals surface area (Å²) < 4.78 is 4.68. The molecule has 98 valence electrons. The molecule has 0 radical (unpaired) electrons. The third kappa shape index (κ3) is 4.50. The van der Waals surface area contributed by atoms with Crippen LogP contribution in [0.1, 0.15) is 39.5 Å². The maximum Gasteiger partial charge on any atom is 0.333 e. The lowest BCUT2D eigenvalue weighted by Crippen LogP contribution is -2.35. The van der Waals surface area contributed by atoms with Crippen LogP contribution in [-0.2, 0) is 9.53 Å². The fourth-order valence-electron chi connectivity index (χ4n) is 2.48. The van der Waals surface area contributed by atoms with Crippen LogP contribution in [0.5, 0.6) is 0 Å². The largest absolute Gasteiger partial charge is 0.466 e. The SMILES string of the molecule is COC(=O)C(C)=CCN(C)C1CCCC(C)C1. The molecule has 0 aromatic carbocycles. The summed E-state index contributed by atoms with van der Waals surface area (Å²) in [5, 5.41) is 0. The standard InChI is InChI=1S/C14H25NO2/c1-11-6-5-7-13(10-11)15(3)9-8-12(2)14(16)17-4/h8,11,13H,5-7,9-10H2,1-4H3. The van der Waals surface area contributed by atoms with Crippen molar-refractivity contribution in [1.82, 2.24) is 4.90 Å². The molecule has 2 atom stereocenters. The van der Waals surface area contributed by atoms with E-state index in [9.17, 15) is 4.79 Å². The Morgan fingerprint density at radius 1 is 1.47 bits per heavy atom. The molecule has 0 amide bonds. The lowest BCUT2D eigenvalue weighted by atomic mass is 9.86. The molecule has 0 aliphatic heterocycles. The van der Waals surface area contributed by atoms with Crippen molar-refractivity contribution >= 4 is 5.97 Å². The molecule has 2 unspecified atom stereocenters. The summed E-state index contributed by atoms with van der Waals surface area (Å²) in [6.45, 7) is 4.97. The quantitative estimate of drug-likeness (QED) is 0.558. The highest BCUT2D eigenvalue weighted by atomic mass is 16.5. The summed E-state index contributed by atoms with van der Waals surface area (Å²) in [7, 11) is 3.57. The Labute approximate surface area is 105 Å². The van der Waals surface area contributed by atoms with Gasteiger partial charge in [-0.15, -0.1) is 0 Å². The minimum Gasteiger partial charge on any atom is -0.466 e. The average Bonchev–Trinajstić information content (AvgIpc) is 2.34. The van der Waals surface area contributed by atoms with Crippen LogP contribution in [0.2, 0.25) is 0 Å². The summed E-state index contributed by atoms with van der Waals surface area (Å²) in [6.07, 6.45) is 7.22. The molecular weight excluding hydrogens is 214 g/mol. The molecular formula is C14H25NO2. The number of hydrogen-bond donors (Lipinski definition) is 0. The zero-order chi connectivity index (χ0) is 12.8. The Hall–Kier alpha value is -0.830. The fourth-order valence-corrected chi connectivity index (χ4v) is 2.48. The number of hydrogen-bond acceptors (Lipinski definition) is 3. The van der Waals surface area contributed by atoms with E-state index in [-0.39, 0.29) is 5.97 Å². The van der Waals surface area contributed by atoms with E-state index in [1.165, 1.54) is 32.8 Å². The molecule has 0 N–H and O–H groups in total. The number of esters is 1. The van der Waals surface area contributed by atoms with Gasteiger partial charge < -0.3 is 4.74 Å². The monoisotopic (exact) mass is 239 g/mol. The second-order valence-electron chi connectivity index (χ2n) is 5.24.